The van der Waals surface area contributed by atoms with Crippen LogP contribution < -0.4 is 5.73 Å². The molecule has 0 saturated heterocycles. The minimum Gasteiger partial charge on any atom is -0.507 e. The van der Waals surface area contributed by atoms with Gasteiger partial charge in [0.05, 0.1) is 11.4 Å². The first-order chi connectivity index (χ1) is 12.4. The Morgan fingerprint density at radius 1 is 1.08 bits per heavy atom. The molecule has 0 aliphatic carbocycles. The number of phenols is 1. The van der Waals surface area contributed by atoms with E-state index in [2.05, 4.69) is 4.98 Å². The Morgan fingerprint density at radius 3 is 2.35 bits per heavy atom. The fraction of sp³-hybridized carbons (Fsp3) is 0.0526. The number of phenolic OH excluding ortho intramolecular Hbond substituents is 1. The number of hydrogen-bond donors (Lipinski definition) is 2. The molecule has 132 valence electrons. The van der Waals surface area contributed by atoms with Crippen LogP contribution in [0.2, 0.25) is 10.0 Å². The van der Waals surface area contributed by atoms with Gasteiger partial charge in [-0.15, -0.1) is 0 Å². The molecule has 1 unspecified atom stereocenters. The smallest absolute Gasteiger partial charge is 0.231 e. The zero-order valence-corrected chi connectivity index (χ0v) is 14.8. The number of rotatable bonds is 4. The fourth-order valence-electron chi connectivity index (χ4n) is 2.71. The van der Waals surface area contributed by atoms with Crippen LogP contribution in [0.25, 0.3) is 11.3 Å². The highest BCUT2D eigenvalue weighted by Gasteiger charge is 2.27. The molecule has 0 radical (unpaired) electrons. The number of nitrogens with zero attached hydrogens (tertiary/aromatic N) is 1. The van der Waals surface area contributed by atoms with E-state index in [1.54, 1.807) is 36.4 Å². The Labute approximate surface area is 159 Å². The molecule has 1 atom stereocenters. The summed E-state index contributed by atoms with van der Waals surface area (Å²) >= 11 is 12.4. The Bertz CT molecular complexity index is 975. The zero-order valence-electron chi connectivity index (χ0n) is 13.3. The monoisotopic (exact) mass is 390 g/mol. The summed E-state index contributed by atoms with van der Waals surface area (Å²) in [6.45, 7) is 0. The third-order valence-corrected chi connectivity index (χ3v) is 4.53. The standard InChI is InChI=1S/C19H13Cl2FN2O2/c20-12-3-1-4-13(21)17(12)18(19(23)26)15-6-2-5-14(24-15)11-8-7-10(22)9-16(11)25/h1-9,18,25H,(H2,23,26). The van der Waals surface area contributed by atoms with Gasteiger partial charge in [-0.3, -0.25) is 9.78 Å². The summed E-state index contributed by atoms with van der Waals surface area (Å²) in [5.74, 6) is -2.48. The summed E-state index contributed by atoms with van der Waals surface area (Å²) in [6, 6.07) is 13.4. The number of carbonyl (C=O) groups excluding carboxylic acids is 1. The molecule has 1 heterocycles. The highest BCUT2D eigenvalue weighted by atomic mass is 35.5. The normalized spacial score (nSPS) is 12.0. The summed E-state index contributed by atoms with van der Waals surface area (Å²) in [7, 11) is 0. The van der Waals surface area contributed by atoms with E-state index in [-0.39, 0.29) is 15.8 Å². The minimum atomic E-state index is -0.973. The van der Waals surface area contributed by atoms with Gasteiger partial charge in [-0.25, -0.2) is 4.39 Å². The number of primary amides is 1. The van der Waals surface area contributed by atoms with Crippen LogP contribution >= 0.6 is 23.2 Å². The number of nitrogens with two attached hydrogens (primary N) is 1. The highest BCUT2D eigenvalue weighted by molar-refractivity contribution is 6.36. The molecule has 3 N–H and O–H groups in total. The summed E-state index contributed by atoms with van der Waals surface area (Å²) in [5, 5.41) is 10.6. The molecule has 0 spiro atoms. The molecule has 3 aromatic rings. The SMILES string of the molecule is NC(=O)C(c1cccc(-c2ccc(F)cc2O)n1)c1c(Cl)cccc1Cl. The lowest BCUT2D eigenvalue weighted by Crippen LogP contribution is -2.24. The molecule has 0 bridgehead atoms. The second-order valence-corrected chi connectivity index (χ2v) is 6.39. The average molecular weight is 391 g/mol. The third kappa shape index (κ3) is 3.49. The van der Waals surface area contributed by atoms with Crippen molar-refractivity contribution in [3.05, 3.63) is 81.7 Å². The van der Waals surface area contributed by atoms with E-state index in [9.17, 15) is 14.3 Å². The molecule has 4 nitrogen and oxygen atoms in total. The number of aromatic hydroxyl groups is 1. The van der Waals surface area contributed by atoms with Gasteiger partial charge in [0.15, 0.2) is 0 Å². The van der Waals surface area contributed by atoms with Crippen LogP contribution in [0.3, 0.4) is 0 Å². The van der Waals surface area contributed by atoms with Gasteiger partial charge >= 0.3 is 0 Å². The van der Waals surface area contributed by atoms with Crippen LogP contribution in [0.4, 0.5) is 4.39 Å². The topological polar surface area (TPSA) is 76.2 Å². The maximum atomic E-state index is 13.2. The first kappa shape index (κ1) is 18.2. The summed E-state index contributed by atoms with van der Waals surface area (Å²) in [4.78, 5) is 16.5. The van der Waals surface area contributed by atoms with Crippen LogP contribution in [0.5, 0.6) is 5.75 Å². The lowest BCUT2D eigenvalue weighted by Gasteiger charge is -2.17. The molecular weight excluding hydrogens is 378 g/mol. The van der Waals surface area contributed by atoms with Gasteiger partial charge in [-0.05, 0) is 36.4 Å². The van der Waals surface area contributed by atoms with E-state index >= 15 is 0 Å². The number of benzene rings is 2. The van der Waals surface area contributed by atoms with Gasteiger partial charge in [-0.1, -0.05) is 35.3 Å². The van der Waals surface area contributed by atoms with Crippen LogP contribution in [0.1, 0.15) is 17.2 Å². The molecule has 0 saturated carbocycles. The molecule has 1 amide bonds. The largest absolute Gasteiger partial charge is 0.507 e. The molecule has 0 aliphatic heterocycles. The molecule has 7 heteroatoms. The second-order valence-electron chi connectivity index (χ2n) is 5.58. The number of pyridine rings is 1. The van der Waals surface area contributed by atoms with E-state index in [1.165, 1.54) is 12.1 Å². The quantitative estimate of drug-likeness (QED) is 0.687. The Morgan fingerprint density at radius 2 is 1.73 bits per heavy atom. The van der Waals surface area contributed by atoms with Gasteiger partial charge < -0.3 is 10.8 Å². The molecule has 0 fully saturated rings. The van der Waals surface area contributed by atoms with Crippen molar-refractivity contribution in [2.45, 2.75) is 5.92 Å². The van der Waals surface area contributed by atoms with Crippen molar-refractivity contribution >= 4 is 29.1 Å². The van der Waals surface area contributed by atoms with Crippen molar-refractivity contribution in [1.29, 1.82) is 0 Å². The van der Waals surface area contributed by atoms with Crippen LogP contribution in [-0.4, -0.2) is 16.0 Å². The molecule has 3 rings (SSSR count). The van der Waals surface area contributed by atoms with E-state index in [1.807, 2.05) is 0 Å². The van der Waals surface area contributed by atoms with Crippen LogP contribution in [0, 0.1) is 5.82 Å². The number of hydrogen-bond acceptors (Lipinski definition) is 3. The maximum Gasteiger partial charge on any atom is 0.231 e. The van der Waals surface area contributed by atoms with Crippen LogP contribution in [0.15, 0.2) is 54.6 Å². The third-order valence-electron chi connectivity index (χ3n) is 3.88. The van der Waals surface area contributed by atoms with Crippen molar-refractivity contribution < 1.29 is 14.3 Å². The van der Waals surface area contributed by atoms with Crippen LogP contribution in [-0.2, 0) is 4.79 Å². The number of aromatic nitrogens is 1. The van der Waals surface area contributed by atoms with Gasteiger partial charge in [0.1, 0.15) is 17.5 Å². The van der Waals surface area contributed by atoms with E-state index in [0.29, 0.717) is 22.5 Å². The highest BCUT2D eigenvalue weighted by Crippen LogP contribution is 2.36. The molecule has 2 aromatic carbocycles. The first-order valence-corrected chi connectivity index (χ1v) is 8.33. The summed E-state index contributed by atoms with van der Waals surface area (Å²) in [6.07, 6.45) is 0. The summed E-state index contributed by atoms with van der Waals surface area (Å²) < 4.78 is 13.2. The van der Waals surface area contributed by atoms with Crippen molar-refractivity contribution in [2.24, 2.45) is 5.73 Å². The van der Waals surface area contributed by atoms with Gasteiger partial charge in [0, 0.05) is 27.2 Å². The van der Waals surface area contributed by atoms with E-state index in [4.69, 9.17) is 28.9 Å². The fourth-order valence-corrected chi connectivity index (χ4v) is 3.32. The zero-order chi connectivity index (χ0) is 18.8. The van der Waals surface area contributed by atoms with Crippen molar-refractivity contribution in [1.82, 2.24) is 4.98 Å². The Balaban J connectivity index is 2.14. The van der Waals surface area contributed by atoms with E-state index < -0.39 is 17.6 Å². The van der Waals surface area contributed by atoms with Crippen molar-refractivity contribution in [3.63, 3.8) is 0 Å². The summed E-state index contributed by atoms with van der Waals surface area (Å²) in [5.41, 5.74) is 6.93. The van der Waals surface area contributed by atoms with E-state index in [0.717, 1.165) is 6.07 Å². The predicted octanol–water partition coefficient (Wildman–Crippen LogP) is 4.52. The first-order valence-electron chi connectivity index (χ1n) is 7.57. The number of halogens is 3. The average Bonchev–Trinajstić information content (AvgIpc) is 2.58. The molecule has 1 aromatic heterocycles. The Kier molecular flexibility index (Phi) is 5.11. The minimum absolute atomic E-state index is 0.263. The second kappa shape index (κ2) is 7.32. The lowest BCUT2D eigenvalue weighted by molar-refractivity contribution is -0.118. The van der Waals surface area contributed by atoms with Crippen molar-refractivity contribution in [2.75, 3.05) is 0 Å². The number of amides is 1. The number of carbonyl (C=O) groups is 1. The van der Waals surface area contributed by atoms with Crippen molar-refractivity contribution in [3.8, 4) is 17.0 Å². The molecule has 0 aliphatic rings. The van der Waals surface area contributed by atoms with Gasteiger partial charge in [-0.2, -0.15) is 0 Å². The Hall–Kier alpha value is -2.63. The lowest BCUT2D eigenvalue weighted by atomic mass is 9.93. The predicted molar refractivity (Wildman–Crippen MR) is 98.8 cm³/mol. The van der Waals surface area contributed by atoms with Gasteiger partial charge in [0.2, 0.25) is 5.91 Å². The molecule has 26 heavy (non-hydrogen) atoms. The maximum absolute atomic E-state index is 13.2. The molecular formula is C19H13Cl2FN2O2. The van der Waals surface area contributed by atoms with Gasteiger partial charge in [0.25, 0.3) is 0 Å².